The van der Waals surface area contributed by atoms with Gasteiger partial charge in [0.15, 0.2) is 0 Å². The smallest absolute Gasteiger partial charge is 0.472 e. The molecule has 3 atom stereocenters. The number of nitrogens with two attached hydrogens (primary N) is 1. The quantitative estimate of drug-likeness (QED) is 0.0238. The first-order valence-corrected chi connectivity index (χ1v) is 22.2. The molecule has 0 heterocycles. The Morgan fingerprint density at radius 3 is 1.60 bits per heavy atom. The van der Waals surface area contributed by atoms with Crippen molar-refractivity contribution in [2.45, 2.75) is 180 Å². The van der Waals surface area contributed by atoms with Crippen LogP contribution in [0.25, 0.3) is 0 Å². The third-order valence-corrected chi connectivity index (χ3v) is 9.51. The first-order valence-electron chi connectivity index (χ1n) is 20.7. The molecule has 0 aliphatic rings. The lowest BCUT2D eigenvalue weighted by molar-refractivity contribution is -0.154. The highest BCUT2D eigenvalue weighted by molar-refractivity contribution is 7.47. The molecule has 308 valence electrons. The number of phosphoric acid groups is 1. The van der Waals surface area contributed by atoms with E-state index in [0.29, 0.717) is 13.0 Å². The van der Waals surface area contributed by atoms with Gasteiger partial charge in [0.1, 0.15) is 12.1 Å². The number of hydrogen-bond acceptors (Lipinski definition) is 8. The number of ether oxygens (including phenoxy) is 2. The summed E-state index contributed by atoms with van der Waals surface area (Å²) in [6.45, 7) is 3.75. The second-order valence-corrected chi connectivity index (χ2v) is 15.2. The first kappa shape index (κ1) is 50.9. The van der Waals surface area contributed by atoms with Crippen molar-refractivity contribution in [1.82, 2.24) is 0 Å². The summed E-state index contributed by atoms with van der Waals surface area (Å²) >= 11 is 0. The number of unbranched alkanes of at least 4 members (excludes halogenated alkanes) is 17. The molecule has 0 saturated heterocycles. The van der Waals surface area contributed by atoms with Crippen molar-refractivity contribution in [3.05, 3.63) is 48.6 Å². The number of esters is 1. The number of carboxylic acid groups (broad SMARTS) is 1. The third-order valence-electron chi connectivity index (χ3n) is 8.56. The van der Waals surface area contributed by atoms with Crippen molar-refractivity contribution in [2.75, 3.05) is 26.4 Å². The Bertz CT molecular complexity index is 1030. The fourth-order valence-corrected chi connectivity index (χ4v) is 6.10. The van der Waals surface area contributed by atoms with Crippen LogP contribution in [0.5, 0.6) is 0 Å². The van der Waals surface area contributed by atoms with Gasteiger partial charge in [-0.3, -0.25) is 18.6 Å². The fourth-order valence-electron chi connectivity index (χ4n) is 5.32. The summed E-state index contributed by atoms with van der Waals surface area (Å²) in [6.07, 6.45) is 43.0. The van der Waals surface area contributed by atoms with Crippen molar-refractivity contribution in [3.63, 3.8) is 0 Å². The molecule has 3 unspecified atom stereocenters. The minimum absolute atomic E-state index is 0.00594. The summed E-state index contributed by atoms with van der Waals surface area (Å²) < 4.78 is 33.3. The molecular formula is C42H76NO9P. The van der Waals surface area contributed by atoms with Gasteiger partial charge in [-0.1, -0.05) is 140 Å². The Kier molecular flexibility index (Phi) is 36.7. The minimum Gasteiger partial charge on any atom is -0.480 e. The second kappa shape index (κ2) is 38.2. The number of phosphoric ester groups is 1. The largest absolute Gasteiger partial charge is 0.480 e. The number of allylic oxidation sites excluding steroid dienone is 8. The lowest BCUT2D eigenvalue weighted by Gasteiger charge is -2.20. The van der Waals surface area contributed by atoms with E-state index in [0.717, 1.165) is 77.0 Å². The van der Waals surface area contributed by atoms with Crippen molar-refractivity contribution in [1.29, 1.82) is 0 Å². The zero-order valence-corrected chi connectivity index (χ0v) is 34.2. The van der Waals surface area contributed by atoms with Gasteiger partial charge in [0, 0.05) is 13.0 Å². The van der Waals surface area contributed by atoms with E-state index in [1.54, 1.807) is 0 Å². The molecule has 0 amide bonds. The molecule has 0 bridgehead atoms. The molecule has 10 nitrogen and oxygen atoms in total. The summed E-state index contributed by atoms with van der Waals surface area (Å²) in [4.78, 5) is 33.4. The first-order chi connectivity index (χ1) is 25.7. The standard InChI is InChI=1S/C42H76NO9P/c1-3-5-7-9-11-13-15-17-18-19-20-21-23-25-27-29-31-33-35-49-36-39(37-50-53(47,48)51-38-40(43)42(45)46)52-41(44)34-32-30-28-26-24-22-16-14-12-10-8-6-4-2/h8,10-11,13-14,16-18,39-40H,3-7,9,12,15,19-38,43H2,1-2H3,(H,45,46)(H,47,48)/b10-8-,13-11-,16-14-,18-17-. The second-order valence-electron chi connectivity index (χ2n) is 13.8. The average molecular weight is 770 g/mol. The van der Waals surface area contributed by atoms with Gasteiger partial charge in [-0.05, 0) is 70.6 Å². The highest BCUT2D eigenvalue weighted by Gasteiger charge is 2.27. The Balaban J connectivity index is 4.27. The highest BCUT2D eigenvalue weighted by atomic mass is 31.2. The maximum atomic E-state index is 12.6. The molecule has 0 saturated carbocycles. The predicted octanol–water partition coefficient (Wildman–Crippen LogP) is 11.1. The molecule has 0 spiro atoms. The maximum absolute atomic E-state index is 12.6. The van der Waals surface area contributed by atoms with E-state index in [4.69, 9.17) is 29.4 Å². The van der Waals surface area contributed by atoms with Crippen molar-refractivity contribution in [3.8, 4) is 0 Å². The van der Waals surface area contributed by atoms with Gasteiger partial charge < -0.3 is 25.2 Å². The zero-order valence-electron chi connectivity index (χ0n) is 33.3. The van der Waals surface area contributed by atoms with Crippen LogP contribution in [0, 0.1) is 0 Å². The Morgan fingerprint density at radius 2 is 1.08 bits per heavy atom. The SMILES string of the molecule is CCC/C=C\C/C=C\CCCCCCCC(=O)OC(COCCCCCCCCCC/C=C\C/C=C\CCCCC)COP(=O)(O)OCC(N)C(=O)O. The van der Waals surface area contributed by atoms with E-state index < -0.39 is 45.1 Å². The molecule has 0 rings (SSSR count). The molecule has 0 radical (unpaired) electrons. The monoisotopic (exact) mass is 770 g/mol. The van der Waals surface area contributed by atoms with Crippen LogP contribution in [-0.2, 0) is 32.7 Å². The van der Waals surface area contributed by atoms with Crippen LogP contribution in [0.15, 0.2) is 48.6 Å². The summed E-state index contributed by atoms with van der Waals surface area (Å²) in [5, 5.41) is 8.88. The number of aliphatic carboxylic acids is 1. The number of hydrogen-bond donors (Lipinski definition) is 3. The molecule has 0 aliphatic carbocycles. The molecule has 0 aromatic carbocycles. The van der Waals surface area contributed by atoms with Gasteiger partial charge in [0.2, 0.25) is 0 Å². The normalized spacial score (nSPS) is 14.5. The molecule has 11 heteroatoms. The van der Waals surface area contributed by atoms with Crippen molar-refractivity contribution < 1.29 is 42.7 Å². The molecule has 0 aromatic heterocycles. The van der Waals surface area contributed by atoms with Crippen LogP contribution in [0.2, 0.25) is 0 Å². The topological polar surface area (TPSA) is 155 Å². The average Bonchev–Trinajstić information content (AvgIpc) is 3.13. The van der Waals surface area contributed by atoms with E-state index in [2.05, 4.69) is 62.5 Å². The number of carbonyl (C=O) groups is 2. The molecule has 0 fully saturated rings. The number of rotatable bonds is 39. The summed E-state index contributed by atoms with van der Waals surface area (Å²) in [5.74, 6) is -1.80. The maximum Gasteiger partial charge on any atom is 0.472 e. The van der Waals surface area contributed by atoms with Crippen LogP contribution in [0.4, 0.5) is 0 Å². The van der Waals surface area contributed by atoms with Crippen molar-refractivity contribution >= 4 is 19.8 Å². The van der Waals surface area contributed by atoms with Crippen LogP contribution in [0.3, 0.4) is 0 Å². The Labute approximate surface area is 322 Å². The fraction of sp³-hybridized carbons (Fsp3) is 0.762. The lowest BCUT2D eigenvalue weighted by Crippen LogP contribution is -2.34. The highest BCUT2D eigenvalue weighted by Crippen LogP contribution is 2.43. The third kappa shape index (κ3) is 38.0. The molecule has 4 N–H and O–H groups in total. The van der Waals surface area contributed by atoms with Gasteiger partial charge in [0.05, 0.1) is 19.8 Å². The van der Waals surface area contributed by atoms with Gasteiger partial charge in [-0.2, -0.15) is 0 Å². The zero-order chi connectivity index (χ0) is 39.1. The summed E-state index contributed by atoms with van der Waals surface area (Å²) in [6, 6.07) is -1.48. The van der Waals surface area contributed by atoms with E-state index in [-0.39, 0.29) is 13.0 Å². The van der Waals surface area contributed by atoms with Crippen LogP contribution in [0.1, 0.15) is 168 Å². The van der Waals surface area contributed by atoms with Crippen LogP contribution >= 0.6 is 7.82 Å². The lowest BCUT2D eigenvalue weighted by atomic mass is 10.1. The van der Waals surface area contributed by atoms with E-state index >= 15 is 0 Å². The van der Waals surface area contributed by atoms with Gasteiger partial charge in [0.25, 0.3) is 0 Å². The van der Waals surface area contributed by atoms with Crippen LogP contribution in [-0.4, -0.2) is 60.5 Å². The minimum atomic E-state index is -4.62. The van der Waals surface area contributed by atoms with E-state index in [9.17, 15) is 19.0 Å². The predicted molar refractivity (Wildman–Crippen MR) is 217 cm³/mol. The van der Waals surface area contributed by atoms with E-state index in [1.807, 2.05) is 0 Å². The van der Waals surface area contributed by atoms with Crippen LogP contribution < -0.4 is 5.73 Å². The number of carboxylic acids is 1. The number of carbonyl (C=O) groups excluding carboxylic acids is 1. The molecule has 0 aliphatic heterocycles. The van der Waals surface area contributed by atoms with Crippen molar-refractivity contribution in [2.24, 2.45) is 5.73 Å². The van der Waals surface area contributed by atoms with Gasteiger partial charge in [-0.15, -0.1) is 0 Å². The summed E-state index contributed by atoms with van der Waals surface area (Å²) in [7, 11) is -4.62. The van der Waals surface area contributed by atoms with Gasteiger partial charge in [-0.25, -0.2) is 4.57 Å². The molecular weight excluding hydrogens is 693 g/mol. The molecule has 0 aromatic rings. The Morgan fingerprint density at radius 1 is 0.604 bits per heavy atom. The molecule has 53 heavy (non-hydrogen) atoms. The van der Waals surface area contributed by atoms with Gasteiger partial charge >= 0.3 is 19.8 Å². The van der Waals surface area contributed by atoms with E-state index in [1.165, 1.54) is 64.2 Å². The summed E-state index contributed by atoms with van der Waals surface area (Å²) in [5.41, 5.74) is 5.34. The Hall–Kier alpha value is -2.07.